The summed E-state index contributed by atoms with van der Waals surface area (Å²) < 4.78 is 0. The summed E-state index contributed by atoms with van der Waals surface area (Å²) in [5.74, 6) is -0.106. The van der Waals surface area contributed by atoms with Crippen LogP contribution >= 0.6 is 0 Å². The molecular formula is C13H17NO3. The quantitative estimate of drug-likeness (QED) is 0.780. The van der Waals surface area contributed by atoms with Gasteiger partial charge in [0.1, 0.15) is 5.75 Å². The Hall–Kier alpha value is -1.81. The summed E-state index contributed by atoms with van der Waals surface area (Å²) in [5, 5.41) is 18.6. The van der Waals surface area contributed by atoms with Crippen molar-refractivity contribution in [1.29, 1.82) is 0 Å². The van der Waals surface area contributed by atoms with Gasteiger partial charge in [-0.05, 0) is 38.1 Å². The Labute approximate surface area is 101 Å². The fourth-order valence-electron chi connectivity index (χ4n) is 1.43. The third-order valence-corrected chi connectivity index (χ3v) is 2.22. The summed E-state index contributed by atoms with van der Waals surface area (Å²) in [5.41, 5.74) is 1.02. The van der Waals surface area contributed by atoms with E-state index in [2.05, 4.69) is 6.58 Å². The van der Waals surface area contributed by atoms with Gasteiger partial charge in [0, 0.05) is 11.3 Å². The minimum absolute atomic E-state index is 0.133. The number of hydrogen-bond acceptors (Lipinski definition) is 3. The second-order valence-electron chi connectivity index (χ2n) is 4.06. The van der Waals surface area contributed by atoms with Crippen LogP contribution < -0.4 is 4.90 Å². The monoisotopic (exact) mass is 235 g/mol. The molecule has 1 atom stereocenters. The summed E-state index contributed by atoms with van der Waals surface area (Å²) in [6, 6.07) is 6.24. The molecule has 0 bridgehead atoms. The van der Waals surface area contributed by atoms with Gasteiger partial charge in [-0.1, -0.05) is 6.58 Å². The van der Waals surface area contributed by atoms with E-state index < -0.39 is 6.10 Å². The van der Waals surface area contributed by atoms with Crippen molar-refractivity contribution in [1.82, 2.24) is 0 Å². The minimum atomic E-state index is -0.632. The maximum absolute atomic E-state index is 11.9. The molecule has 0 heterocycles. The van der Waals surface area contributed by atoms with Crippen LogP contribution in [0.1, 0.15) is 13.8 Å². The van der Waals surface area contributed by atoms with Crippen LogP contribution in [0.5, 0.6) is 5.75 Å². The minimum Gasteiger partial charge on any atom is -0.508 e. The first kappa shape index (κ1) is 13.3. The number of phenols is 1. The van der Waals surface area contributed by atoms with Crippen molar-refractivity contribution in [2.75, 3.05) is 11.4 Å². The summed E-state index contributed by atoms with van der Waals surface area (Å²) >= 11 is 0. The number of hydrogen-bond donors (Lipinski definition) is 2. The Morgan fingerprint density at radius 1 is 1.41 bits per heavy atom. The third-order valence-electron chi connectivity index (χ3n) is 2.22. The average molecular weight is 235 g/mol. The Morgan fingerprint density at radius 3 is 2.35 bits per heavy atom. The summed E-state index contributed by atoms with van der Waals surface area (Å²) in [4.78, 5) is 13.4. The molecule has 0 fully saturated rings. The third kappa shape index (κ3) is 3.60. The Morgan fingerprint density at radius 2 is 1.94 bits per heavy atom. The molecule has 0 aliphatic rings. The predicted octanol–water partition coefficient (Wildman–Crippen LogP) is 1.68. The summed E-state index contributed by atoms with van der Waals surface area (Å²) in [6.07, 6.45) is -0.632. The maximum Gasteiger partial charge on any atom is 0.253 e. The van der Waals surface area contributed by atoms with Gasteiger partial charge in [0.05, 0.1) is 12.6 Å². The Bertz CT molecular complexity index is 409. The van der Waals surface area contributed by atoms with Crippen molar-refractivity contribution in [3.05, 3.63) is 36.4 Å². The van der Waals surface area contributed by atoms with Crippen molar-refractivity contribution >= 4 is 11.6 Å². The highest BCUT2D eigenvalue weighted by atomic mass is 16.3. The van der Waals surface area contributed by atoms with Gasteiger partial charge in [-0.15, -0.1) is 0 Å². The van der Waals surface area contributed by atoms with Gasteiger partial charge >= 0.3 is 0 Å². The lowest BCUT2D eigenvalue weighted by Gasteiger charge is -2.24. The van der Waals surface area contributed by atoms with Crippen LogP contribution in [0.4, 0.5) is 5.69 Å². The van der Waals surface area contributed by atoms with Crippen molar-refractivity contribution in [3.63, 3.8) is 0 Å². The van der Waals surface area contributed by atoms with E-state index in [0.29, 0.717) is 11.3 Å². The molecule has 1 aromatic carbocycles. The fraction of sp³-hybridized carbons (Fsp3) is 0.308. The molecule has 17 heavy (non-hydrogen) atoms. The fourth-order valence-corrected chi connectivity index (χ4v) is 1.43. The topological polar surface area (TPSA) is 60.8 Å². The van der Waals surface area contributed by atoms with Crippen molar-refractivity contribution in [2.24, 2.45) is 0 Å². The van der Waals surface area contributed by atoms with E-state index in [0.717, 1.165) is 0 Å². The van der Waals surface area contributed by atoms with Gasteiger partial charge in [0.2, 0.25) is 0 Å². The van der Waals surface area contributed by atoms with E-state index in [-0.39, 0.29) is 18.2 Å². The number of carbonyl (C=O) groups excluding carboxylic acids is 1. The second-order valence-corrected chi connectivity index (χ2v) is 4.06. The smallest absolute Gasteiger partial charge is 0.253 e. The standard InChI is InChI=1S/C13H17NO3/c1-9(2)13(17)14(8-10(3)15)11-4-6-12(16)7-5-11/h4-7,10,15-16H,1,8H2,2-3H3. The first-order chi connectivity index (χ1) is 7.91. The van der Waals surface area contributed by atoms with Crippen LogP contribution in [-0.4, -0.2) is 28.8 Å². The lowest BCUT2D eigenvalue weighted by Crippen LogP contribution is -2.36. The van der Waals surface area contributed by atoms with E-state index in [1.54, 1.807) is 26.0 Å². The molecule has 0 aromatic heterocycles. The molecule has 1 aromatic rings. The number of nitrogens with zero attached hydrogens (tertiary/aromatic N) is 1. The molecule has 4 nitrogen and oxygen atoms in total. The van der Waals surface area contributed by atoms with Crippen molar-refractivity contribution in [2.45, 2.75) is 20.0 Å². The molecule has 1 amide bonds. The van der Waals surface area contributed by atoms with Crippen molar-refractivity contribution < 1.29 is 15.0 Å². The maximum atomic E-state index is 11.9. The largest absolute Gasteiger partial charge is 0.508 e. The van der Waals surface area contributed by atoms with Crippen LogP contribution in [-0.2, 0) is 4.79 Å². The normalized spacial score (nSPS) is 11.9. The van der Waals surface area contributed by atoms with Gasteiger partial charge in [-0.2, -0.15) is 0 Å². The Balaban J connectivity index is 3.01. The number of phenolic OH excluding ortho intramolecular Hbond substituents is 1. The van der Waals surface area contributed by atoms with E-state index in [4.69, 9.17) is 0 Å². The van der Waals surface area contributed by atoms with Crippen LogP contribution in [0.15, 0.2) is 36.4 Å². The molecule has 1 rings (SSSR count). The van der Waals surface area contributed by atoms with Gasteiger partial charge in [-0.3, -0.25) is 4.79 Å². The molecule has 92 valence electrons. The van der Waals surface area contributed by atoms with Gasteiger partial charge in [0.15, 0.2) is 0 Å². The summed E-state index contributed by atoms with van der Waals surface area (Å²) in [6.45, 7) is 7.03. The highest BCUT2D eigenvalue weighted by Crippen LogP contribution is 2.20. The van der Waals surface area contributed by atoms with E-state index in [1.807, 2.05) is 0 Å². The molecule has 0 aliphatic heterocycles. The van der Waals surface area contributed by atoms with Gasteiger partial charge in [-0.25, -0.2) is 0 Å². The second kappa shape index (κ2) is 5.50. The molecule has 2 N–H and O–H groups in total. The number of aromatic hydroxyl groups is 1. The molecule has 1 unspecified atom stereocenters. The molecule has 0 saturated carbocycles. The zero-order valence-electron chi connectivity index (χ0n) is 10.1. The molecule has 4 heteroatoms. The van der Waals surface area contributed by atoms with Gasteiger partial charge < -0.3 is 15.1 Å². The lowest BCUT2D eigenvalue weighted by molar-refractivity contribution is -0.115. The highest BCUT2D eigenvalue weighted by molar-refractivity contribution is 6.04. The average Bonchev–Trinajstić information content (AvgIpc) is 2.26. The van der Waals surface area contributed by atoms with Crippen LogP contribution in [0.3, 0.4) is 0 Å². The number of rotatable bonds is 4. The number of carbonyl (C=O) groups is 1. The van der Waals surface area contributed by atoms with Crippen molar-refractivity contribution in [3.8, 4) is 5.75 Å². The first-order valence-corrected chi connectivity index (χ1v) is 5.36. The molecule has 0 aliphatic carbocycles. The first-order valence-electron chi connectivity index (χ1n) is 5.36. The molecule has 0 radical (unpaired) electrons. The molecular weight excluding hydrogens is 218 g/mol. The van der Waals surface area contributed by atoms with E-state index in [9.17, 15) is 15.0 Å². The lowest BCUT2D eigenvalue weighted by atomic mass is 10.2. The molecule has 0 spiro atoms. The van der Waals surface area contributed by atoms with E-state index in [1.165, 1.54) is 17.0 Å². The van der Waals surface area contributed by atoms with Crippen LogP contribution in [0.2, 0.25) is 0 Å². The SMILES string of the molecule is C=C(C)C(=O)N(CC(C)O)c1ccc(O)cc1. The van der Waals surface area contributed by atoms with Crippen LogP contribution in [0, 0.1) is 0 Å². The number of aliphatic hydroxyl groups excluding tert-OH is 1. The number of benzene rings is 1. The number of amides is 1. The molecule has 0 saturated heterocycles. The highest BCUT2D eigenvalue weighted by Gasteiger charge is 2.17. The number of anilines is 1. The number of aliphatic hydroxyl groups is 1. The zero-order valence-corrected chi connectivity index (χ0v) is 10.1. The predicted molar refractivity (Wildman–Crippen MR) is 67.0 cm³/mol. The zero-order chi connectivity index (χ0) is 13.0. The van der Waals surface area contributed by atoms with Crippen LogP contribution in [0.25, 0.3) is 0 Å². The Kier molecular flexibility index (Phi) is 4.29. The summed E-state index contributed by atoms with van der Waals surface area (Å²) in [7, 11) is 0. The van der Waals surface area contributed by atoms with Gasteiger partial charge in [0.25, 0.3) is 5.91 Å². The van der Waals surface area contributed by atoms with E-state index >= 15 is 0 Å².